The highest BCUT2D eigenvalue weighted by molar-refractivity contribution is 5.10. The molecule has 0 amide bonds. The van der Waals surface area contributed by atoms with Crippen molar-refractivity contribution in [2.24, 2.45) is 0 Å². The summed E-state index contributed by atoms with van der Waals surface area (Å²) < 4.78 is 3.77. The predicted octanol–water partition coefficient (Wildman–Crippen LogP) is 2.35. The molecule has 0 aliphatic carbocycles. The standard InChI is InChI=1S/C14H22N4O/c1-4-11(3)18-9-7-12(16-18)10-14(19)13-6-8-15-17(13)5-2/h6-9,11,14,19H,4-5,10H2,1-3H3. The lowest BCUT2D eigenvalue weighted by Gasteiger charge is -2.11. The van der Waals surface area contributed by atoms with Crippen molar-refractivity contribution in [3.63, 3.8) is 0 Å². The largest absolute Gasteiger partial charge is 0.386 e. The quantitative estimate of drug-likeness (QED) is 0.869. The average molecular weight is 262 g/mol. The summed E-state index contributed by atoms with van der Waals surface area (Å²) in [6.45, 7) is 7.06. The minimum Gasteiger partial charge on any atom is -0.386 e. The molecule has 0 saturated carbocycles. The van der Waals surface area contributed by atoms with E-state index in [2.05, 4.69) is 24.0 Å². The van der Waals surface area contributed by atoms with Crippen LogP contribution in [0.3, 0.4) is 0 Å². The molecule has 0 radical (unpaired) electrons. The van der Waals surface area contributed by atoms with Gasteiger partial charge in [-0.25, -0.2) is 0 Å². The van der Waals surface area contributed by atoms with Gasteiger partial charge in [0.2, 0.25) is 0 Å². The van der Waals surface area contributed by atoms with Crippen LogP contribution in [0.2, 0.25) is 0 Å². The number of nitrogens with zero attached hydrogens (tertiary/aromatic N) is 4. The van der Waals surface area contributed by atoms with E-state index >= 15 is 0 Å². The second kappa shape index (κ2) is 6.02. The molecule has 0 aliphatic heterocycles. The van der Waals surface area contributed by atoms with Gasteiger partial charge in [-0.1, -0.05) is 6.92 Å². The number of hydrogen-bond acceptors (Lipinski definition) is 3. The maximum Gasteiger partial charge on any atom is 0.101 e. The van der Waals surface area contributed by atoms with Gasteiger partial charge in [0.1, 0.15) is 6.10 Å². The Kier molecular flexibility index (Phi) is 4.37. The fourth-order valence-electron chi connectivity index (χ4n) is 2.11. The maximum absolute atomic E-state index is 10.3. The molecule has 0 saturated heterocycles. The van der Waals surface area contributed by atoms with E-state index in [1.807, 2.05) is 34.6 Å². The van der Waals surface area contributed by atoms with E-state index < -0.39 is 6.10 Å². The molecule has 5 heteroatoms. The highest BCUT2D eigenvalue weighted by Gasteiger charge is 2.15. The first kappa shape index (κ1) is 13.8. The van der Waals surface area contributed by atoms with Crippen LogP contribution in [0.25, 0.3) is 0 Å². The van der Waals surface area contributed by atoms with Crippen molar-refractivity contribution in [2.75, 3.05) is 0 Å². The van der Waals surface area contributed by atoms with Crippen LogP contribution in [0.1, 0.15) is 50.7 Å². The van der Waals surface area contributed by atoms with Crippen molar-refractivity contribution in [1.29, 1.82) is 0 Å². The summed E-state index contributed by atoms with van der Waals surface area (Å²) in [5.41, 5.74) is 1.76. The lowest BCUT2D eigenvalue weighted by Crippen LogP contribution is -2.11. The third-order valence-electron chi connectivity index (χ3n) is 3.50. The maximum atomic E-state index is 10.3. The van der Waals surface area contributed by atoms with Crippen molar-refractivity contribution in [3.05, 3.63) is 35.9 Å². The number of aryl methyl sites for hydroxylation is 1. The highest BCUT2D eigenvalue weighted by atomic mass is 16.3. The summed E-state index contributed by atoms with van der Waals surface area (Å²) >= 11 is 0. The molecule has 2 heterocycles. The summed E-state index contributed by atoms with van der Waals surface area (Å²) in [5, 5.41) is 19.0. The van der Waals surface area contributed by atoms with Gasteiger partial charge in [-0.2, -0.15) is 10.2 Å². The number of hydrogen-bond donors (Lipinski definition) is 1. The smallest absolute Gasteiger partial charge is 0.101 e. The van der Waals surface area contributed by atoms with Gasteiger partial charge in [0, 0.05) is 31.4 Å². The van der Waals surface area contributed by atoms with E-state index in [1.54, 1.807) is 6.20 Å². The molecule has 2 atom stereocenters. The van der Waals surface area contributed by atoms with Crippen LogP contribution in [-0.4, -0.2) is 24.7 Å². The number of aliphatic hydroxyl groups excluding tert-OH is 1. The molecule has 0 spiro atoms. The molecule has 2 unspecified atom stereocenters. The van der Waals surface area contributed by atoms with Crippen molar-refractivity contribution in [2.45, 2.75) is 52.3 Å². The fraction of sp³-hybridized carbons (Fsp3) is 0.571. The zero-order chi connectivity index (χ0) is 13.8. The van der Waals surface area contributed by atoms with E-state index in [0.717, 1.165) is 24.4 Å². The van der Waals surface area contributed by atoms with Gasteiger partial charge in [0.15, 0.2) is 0 Å². The molecule has 2 aromatic rings. The van der Waals surface area contributed by atoms with Gasteiger partial charge in [-0.3, -0.25) is 9.36 Å². The van der Waals surface area contributed by atoms with Crippen LogP contribution in [0.15, 0.2) is 24.5 Å². The highest BCUT2D eigenvalue weighted by Crippen LogP contribution is 2.18. The summed E-state index contributed by atoms with van der Waals surface area (Å²) in [4.78, 5) is 0. The van der Waals surface area contributed by atoms with Gasteiger partial charge < -0.3 is 5.11 Å². The van der Waals surface area contributed by atoms with Crippen molar-refractivity contribution in [3.8, 4) is 0 Å². The molecule has 2 aromatic heterocycles. The number of aromatic nitrogens is 4. The van der Waals surface area contributed by atoms with Gasteiger partial charge >= 0.3 is 0 Å². The van der Waals surface area contributed by atoms with E-state index in [0.29, 0.717) is 12.5 Å². The van der Waals surface area contributed by atoms with Crippen LogP contribution < -0.4 is 0 Å². The molecule has 0 bridgehead atoms. The third-order valence-corrected chi connectivity index (χ3v) is 3.50. The van der Waals surface area contributed by atoms with Crippen LogP contribution >= 0.6 is 0 Å². The molecule has 2 rings (SSSR count). The zero-order valence-corrected chi connectivity index (χ0v) is 11.8. The third kappa shape index (κ3) is 3.04. The summed E-state index contributed by atoms with van der Waals surface area (Å²) in [5.74, 6) is 0. The van der Waals surface area contributed by atoms with Gasteiger partial charge in [-0.15, -0.1) is 0 Å². The lowest BCUT2D eigenvalue weighted by atomic mass is 10.1. The average Bonchev–Trinajstić information content (AvgIpc) is 3.05. The summed E-state index contributed by atoms with van der Waals surface area (Å²) in [6, 6.07) is 4.23. The minimum atomic E-state index is -0.553. The first-order chi connectivity index (χ1) is 9.15. The Morgan fingerprint density at radius 2 is 2.11 bits per heavy atom. The molecular formula is C14H22N4O. The Bertz CT molecular complexity index is 517. The molecule has 0 fully saturated rings. The summed E-state index contributed by atoms with van der Waals surface area (Å²) in [7, 11) is 0. The van der Waals surface area contributed by atoms with Crippen molar-refractivity contribution >= 4 is 0 Å². The van der Waals surface area contributed by atoms with E-state index in [1.165, 1.54) is 0 Å². The predicted molar refractivity (Wildman–Crippen MR) is 73.8 cm³/mol. The lowest BCUT2D eigenvalue weighted by molar-refractivity contribution is 0.165. The second-order valence-corrected chi connectivity index (χ2v) is 4.84. The molecule has 19 heavy (non-hydrogen) atoms. The Balaban J connectivity index is 2.06. The van der Waals surface area contributed by atoms with Crippen LogP contribution in [0.4, 0.5) is 0 Å². The van der Waals surface area contributed by atoms with Crippen molar-refractivity contribution < 1.29 is 5.11 Å². The normalized spacial score (nSPS) is 14.5. The Labute approximate surface area is 113 Å². The topological polar surface area (TPSA) is 55.9 Å². The molecule has 0 aromatic carbocycles. The molecule has 0 aliphatic rings. The second-order valence-electron chi connectivity index (χ2n) is 4.84. The Morgan fingerprint density at radius 1 is 1.32 bits per heavy atom. The first-order valence-corrected chi connectivity index (χ1v) is 6.89. The summed E-state index contributed by atoms with van der Waals surface area (Å²) in [6.07, 6.45) is 4.72. The SMILES string of the molecule is CCC(C)n1ccc(CC(O)c2ccnn2CC)n1. The number of rotatable bonds is 6. The van der Waals surface area contributed by atoms with Crippen molar-refractivity contribution in [1.82, 2.24) is 19.6 Å². The zero-order valence-electron chi connectivity index (χ0n) is 11.8. The minimum absolute atomic E-state index is 0.395. The monoisotopic (exact) mass is 262 g/mol. The van der Waals surface area contributed by atoms with Gasteiger partial charge in [-0.05, 0) is 32.4 Å². The molecule has 104 valence electrons. The molecular weight excluding hydrogens is 240 g/mol. The van der Waals surface area contributed by atoms with Crippen LogP contribution in [-0.2, 0) is 13.0 Å². The number of aliphatic hydroxyl groups is 1. The molecule has 5 nitrogen and oxygen atoms in total. The fourth-order valence-corrected chi connectivity index (χ4v) is 2.11. The van der Waals surface area contributed by atoms with E-state index in [4.69, 9.17) is 0 Å². The Hall–Kier alpha value is -1.62. The van der Waals surface area contributed by atoms with Gasteiger partial charge in [0.05, 0.1) is 11.4 Å². The molecule has 1 N–H and O–H groups in total. The Morgan fingerprint density at radius 3 is 2.79 bits per heavy atom. The van der Waals surface area contributed by atoms with Gasteiger partial charge in [0.25, 0.3) is 0 Å². The van der Waals surface area contributed by atoms with Crippen LogP contribution in [0.5, 0.6) is 0 Å². The van der Waals surface area contributed by atoms with Crippen LogP contribution in [0, 0.1) is 0 Å². The van der Waals surface area contributed by atoms with E-state index in [9.17, 15) is 5.11 Å². The first-order valence-electron chi connectivity index (χ1n) is 6.89. The van der Waals surface area contributed by atoms with E-state index in [-0.39, 0.29) is 0 Å².